The number of thiophene rings is 1. The summed E-state index contributed by atoms with van der Waals surface area (Å²) in [5.41, 5.74) is 1.97. The Balaban J connectivity index is 1.87. The molecule has 1 amide bonds. The molecule has 0 fully saturated rings. The Morgan fingerprint density at radius 1 is 1.19 bits per heavy atom. The van der Waals surface area contributed by atoms with Gasteiger partial charge in [0, 0.05) is 6.54 Å². The Bertz CT molecular complexity index is 858. The first-order chi connectivity index (χ1) is 12.7. The monoisotopic (exact) mass is 387 g/mol. The SMILES string of the molecule is CCCCCCNC(=O)c1cc(-c2cccs2)nn1-c1ccccc1Cl. The van der Waals surface area contributed by atoms with E-state index in [9.17, 15) is 4.79 Å². The number of carbonyl (C=O) groups is 1. The van der Waals surface area contributed by atoms with Gasteiger partial charge in [-0.1, -0.05) is 56.0 Å². The maximum Gasteiger partial charge on any atom is 0.270 e. The summed E-state index contributed by atoms with van der Waals surface area (Å²) in [4.78, 5) is 13.8. The zero-order chi connectivity index (χ0) is 18.4. The van der Waals surface area contributed by atoms with E-state index in [0.717, 1.165) is 23.4 Å². The van der Waals surface area contributed by atoms with Gasteiger partial charge in [0.15, 0.2) is 0 Å². The minimum Gasteiger partial charge on any atom is -0.351 e. The van der Waals surface area contributed by atoms with E-state index in [4.69, 9.17) is 11.6 Å². The number of unbranched alkanes of at least 4 members (excludes halogenated alkanes) is 3. The van der Waals surface area contributed by atoms with E-state index >= 15 is 0 Å². The van der Waals surface area contributed by atoms with Crippen molar-refractivity contribution in [1.29, 1.82) is 0 Å². The number of nitrogens with one attached hydrogen (secondary N) is 1. The molecule has 0 aliphatic carbocycles. The molecule has 6 heteroatoms. The van der Waals surface area contributed by atoms with Crippen LogP contribution >= 0.6 is 22.9 Å². The van der Waals surface area contributed by atoms with Gasteiger partial charge in [-0.3, -0.25) is 4.79 Å². The number of benzene rings is 1. The van der Waals surface area contributed by atoms with Crippen LogP contribution in [0.3, 0.4) is 0 Å². The van der Waals surface area contributed by atoms with Crippen LogP contribution in [0.5, 0.6) is 0 Å². The highest BCUT2D eigenvalue weighted by Crippen LogP contribution is 2.28. The molecule has 0 radical (unpaired) electrons. The van der Waals surface area contributed by atoms with E-state index in [-0.39, 0.29) is 5.91 Å². The Morgan fingerprint density at radius 3 is 2.77 bits per heavy atom. The van der Waals surface area contributed by atoms with E-state index in [2.05, 4.69) is 17.3 Å². The molecule has 136 valence electrons. The van der Waals surface area contributed by atoms with Crippen molar-refractivity contribution in [3.63, 3.8) is 0 Å². The number of carbonyl (C=O) groups excluding carboxylic acids is 1. The zero-order valence-electron chi connectivity index (χ0n) is 14.7. The highest BCUT2D eigenvalue weighted by atomic mass is 35.5. The number of halogens is 1. The normalized spacial score (nSPS) is 10.8. The topological polar surface area (TPSA) is 46.9 Å². The van der Waals surface area contributed by atoms with Crippen LogP contribution in [0.25, 0.3) is 16.3 Å². The maximum absolute atomic E-state index is 12.8. The lowest BCUT2D eigenvalue weighted by atomic mass is 10.2. The van der Waals surface area contributed by atoms with E-state index < -0.39 is 0 Å². The summed E-state index contributed by atoms with van der Waals surface area (Å²) in [5.74, 6) is -0.128. The second kappa shape index (κ2) is 9.01. The predicted molar refractivity (Wildman–Crippen MR) is 108 cm³/mol. The number of hydrogen-bond donors (Lipinski definition) is 1. The second-order valence-corrected chi connectivity index (χ2v) is 7.43. The van der Waals surface area contributed by atoms with Crippen LogP contribution in [-0.2, 0) is 0 Å². The summed E-state index contributed by atoms with van der Waals surface area (Å²) in [5, 5.41) is 10.2. The van der Waals surface area contributed by atoms with E-state index in [1.165, 1.54) is 12.8 Å². The predicted octanol–water partition coefficient (Wildman–Crippen LogP) is 5.56. The van der Waals surface area contributed by atoms with Gasteiger partial charge in [0.05, 0.1) is 15.6 Å². The van der Waals surface area contributed by atoms with Crippen molar-refractivity contribution in [2.24, 2.45) is 0 Å². The van der Waals surface area contributed by atoms with Crippen LogP contribution < -0.4 is 5.32 Å². The molecule has 0 spiro atoms. The van der Waals surface area contributed by atoms with Crippen molar-refractivity contribution in [1.82, 2.24) is 15.1 Å². The number of rotatable bonds is 8. The Kier molecular flexibility index (Phi) is 6.47. The smallest absolute Gasteiger partial charge is 0.270 e. The lowest BCUT2D eigenvalue weighted by molar-refractivity contribution is 0.0945. The van der Waals surface area contributed by atoms with Crippen molar-refractivity contribution in [2.45, 2.75) is 32.6 Å². The molecule has 2 heterocycles. The van der Waals surface area contributed by atoms with Gasteiger partial charge in [0.25, 0.3) is 5.91 Å². The quantitative estimate of drug-likeness (QED) is 0.514. The number of para-hydroxylation sites is 1. The molecule has 1 N–H and O–H groups in total. The minimum atomic E-state index is -0.128. The Hall–Kier alpha value is -2.11. The first kappa shape index (κ1) is 18.7. The zero-order valence-corrected chi connectivity index (χ0v) is 16.3. The first-order valence-electron chi connectivity index (χ1n) is 8.87. The molecule has 26 heavy (non-hydrogen) atoms. The van der Waals surface area contributed by atoms with Crippen molar-refractivity contribution in [2.75, 3.05) is 6.54 Å². The van der Waals surface area contributed by atoms with Crippen LogP contribution in [-0.4, -0.2) is 22.2 Å². The van der Waals surface area contributed by atoms with Gasteiger partial charge in [0.2, 0.25) is 0 Å². The minimum absolute atomic E-state index is 0.128. The molecule has 4 nitrogen and oxygen atoms in total. The number of hydrogen-bond acceptors (Lipinski definition) is 3. The number of nitrogens with zero attached hydrogens (tertiary/aromatic N) is 2. The molecule has 0 bridgehead atoms. The van der Waals surface area contributed by atoms with E-state index in [1.807, 2.05) is 41.8 Å². The van der Waals surface area contributed by atoms with E-state index in [1.54, 1.807) is 22.1 Å². The molecule has 0 aliphatic rings. The van der Waals surface area contributed by atoms with Gasteiger partial charge in [-0.2, -0.15) is 5.10 Å². The summed E-state index contributed by atoms with van der Waals surface area (Å²) in [6, 6.07) is 13.2. The average molecular weight is 388 g/mol. The standard InChI is InChI=1S/C20H22ClN3OS/c1-2-3-4-7-12-22-20(25)18-14-16(19-11-8-13-26-19)23-24(18)17-10-6-5-9-15(17)21/h5-6,8-11,13-14H,2-4,7,12H2,1H3,(H,22,25). The Morgan fingerprint density at radius 2 is 2.04 bits per heavy atom. The molecular weight excluding hydrogens is 366 g/mol. The summed E-state index contributed by atoms with van der Waals surface area (Å²) >= 11 is 7.94. The number of aromatic nitrogens is 2. The van der Waals surface area contributed by atoms with Crippen molar-refractivity contribution in [3.05, 3.63) is 58.6 Å². The van der Waals surface area contributed by atoms with Gasteiger partial charge in [-0.25, -0.2) is 4.68 Å². The van der Waals surface area contributed by atoms with Crippen LogP contribution in [0.15, 0.2) is 47.8 Å². The molecule has 3 aromatic rings. The molecule has 1 aromatic carbocycles. The molecule has 0 atom stereocenters. The van der Waals surface area contributed by atoms with Gasteiger partial charge in [-0.15, -0.1) is 11.3 Å². The van der Waals surface area contributed by atoms with Crippen molar-refractivity contribution in [3.8, 4) is 16.3 Å². The van der Waals surface area contributed by atoms with Gasteiger partial charge in [-0.05, 0) is 36.1 Å². The Labute approximate surface area is 162 Å². The summed E-state index contributed by atoms with van der Waals surface area (Å²) in [7, 11) is 0. The van der Waals surface area contributed by atoms with Crippen LogP contribution in [0.1, 0.15) is 43.1 Å². The fraction of sp³-hybridized carbons (Fsp3) is 0.300. The molecule has 0 unspecified atom stereocenters. The van der Waals surface area contributed by atoms with Gasteiger partial charge in [0.1, 0.15) is 11.4 Å². The third kappa shape index (κ3) is 4.34. The average Bonchev–Trinajstić information content (AvgIpc) is 3.31. The second-order valence-electron chi connectivity index (χ2n) is 6.07. The van der Waals surface area contributed by atoms with Crippen LogP contribution in [0.2, 0.25) is 5.02 Å². The van der Waals surface area contributed by atoms with Crippen LogP contribution in [0, 0.1) is 0 Å². The maximum atomic E-state index is 12.8. The fourth-order valence-corrected chi connectivity index (χ4v) is 3.64. The highest BCUT2D eigenvalue weighted by molar-refractivity contribution is 7.13. The molecular formula is C20H22ClN3OS. The third-order valence-corrected chi connectivity index (χ3v) is 5.32. The van der Waals surface area contributed by atoms with Gasteiger partial charge < -0.3 is 5.32 Å². The first-order valence-corrected chi connectivity index (χ1v) is 10.1. The number of amides is 1. The summed E-state index contributed by atoms with van der Waals surface area (Å²) in [6.07, 6.45) is 4.48. The lowest BCUT2D eigenvalue weighted by Gasteiger charge is -2.09. The van der Waals surface area contributed by atoms with Gasteiger partial charge >= 0.3 is 0 Å². The third-order valence-electron chi connectivity index (χ3n) is 4.11. The van der Waals surface area contributed by atoms with Crippen molar-refractivity contribution >= 4 is 28.8 Å². The lowest BCUT2D eigenvalue weighted by Crippen LogP contribution is -2.26. The highest BCUT2D eigenvalue weighted by Gasteiger charge is 2.19. The van der Waals surface area contributed by atoms with Crippen LogP contribution in [0.4, 0.5) is 0 Å². The summed E-state index contributed by atoms with van der Waals surface area (Å²) in [6.45, 7) is 2.84. The molecule has 0 aliphatic heterocycles. The molecule has 0 saturated carbocycles. The fourth-order valence-electron chi connectivity index (χ4n) is 2.74. The van der Waals surface area contributed by atoms with E-state index in [0.29, 0.717) is 22.9 Å². The van der Waals surface area contributed by atoms with Crippen molar-refractivity contribution < 1.29 is 4.79 Å². The molecule has 2 aromatic heterocycles. The molecule has 0 saturated heterocycles. The summed E-state index contributed by atoms with van der Waals surface area (Å²) < 4.78 is 1.64. The largest absolute Gasteiger partial charge is 0.351 e. The molecule has 3 rings (SSSR count).